The second-order valence-corrected chi connectivity index (χ2v) is 6.02. The summed E-state index contributed by atoms with van der Waals surface area (Å²) < 4.78 is 16.5. The molecule has 1 amide bonds. The topological polar surface area (TPSA) is 72.9 Å². The largest absolute Gasteiger partial charge is 0.464 e. The molecule has 1 saturated heterocycles. The van der Waals surface area contributed by atoms with E-state index < -0.39 is 5.63 Å². The van der Waals surface area contributed by atoms with E-state index in [2.05, 4.69) is 0 Å². The molecule has 0 radical (unpaired) electrons. The summed E-state index contributed by atoms with van der Waals surface area (Å²) in [5, 5.41) is 0.712. The maximum absolute atomic E-state index is 13.0. The summed E-state index contributed by atoms with van der Waals surface area (Å²) in [6.45, 7) is 2.98. The van der Waals surface area contributed by atoms with Crippen molar-refractivity contribution in [3.63, 3.8) is 0 Å². The van der Waals surface area contributed by atoms with Crippen molar-refractivity contribution >= 4 is 16.9 Å². The minimum atomic E-state index is -0.635. The van der Waals surface area contributed by atoms with E-state index in [4.69, 9.17) is 13.6 Å². The van der Waals surface area contributed by atoms with Crippen LogP contribution in [0.1, 0.15) is 27.9 Å². The number of hydrogen-bond donors (Lipinski definition) is 0. The summed E-state index contributed by atoms with van der Waals surface area (Å²) >= 11 is 0. The van der Waals surface area contributed by atoms with Gasteiger partial charge < -0.3 is 18.5 Å². The van der Waals surface area contributed by atoms with Crippen molar-refractivity contribution in [1.29, 1.82) is 0 Å². The number of benzene rings is 1. The summed E-state index contributed by atoms with van der Waals surface area (Å²) in [5.74, 6) is 1.04. The summed E-state index contributed by atoms with van der Waals surface area (Å²) in [6.07, 6.45) is 0. The van der Waals surface area contributed by atoms with Crippen molar-refractivity contribution in [3.05, 3.63) is 70.0 Å². The lowest BCUT2D eigenvalue weighted by Gasteiger charge is -2.34. The van der Waals surface area contributed by atoms with Gasteiger partial charge in [-0.25, -0.2) is 4.79 Å². The van der Waals surface area contributed by atoms with Gasteiger partial charge in [0.1, 0.15) is 28.7 Å². The van der Waals surface area contributed by atoms with Crippen molar-refractivity contribution in [2.24, 2.45) is 0 Å². The van der Waals surface area contributed by atoms with Crippen LogP contribution in [0, 0.1) is 6.92 Å². The number of rotatable bonds is 2. The van der Waals surface area contributed by atoms with E-state index in [1.165, 1.54) is 0 Å². The number of fused-ring (bicyclic) bond motifs is 1. The zero-order valence-corrected chi connectivity index (χ0v) is 13.7. The first-order valence-electron chi connectivity index (χ1n) is 8.11. The number of ether oxygens (including phenoxy) is 1. The predicted molar refractivity (Wildman–Crippen MR) is 90.5 cm³/mol. The van der Waals surface area contributed by atoms with Crippen LogP contribution in [0.15, 0.2) is 56.1 Å². The first-order valence-corrected chi connectivity index (χ1v) is 8.11. The summed E-state index contributed by atoms with van der Waals surface area (Å²) in [6, 6.07) is 12.0. The van der Waals surface area contributed by atoms with Crippen molar-refractivity contribution in [1.82, 2.24) is 4.90 Å². The Hall–Kier alpha value is -2.86. The van der Waals surface area contributed by atoms with Crippen LogP contribution in [0.2, 0.25) is 0 Å². The molecule has 3 heterocycles. The van der Waals surface area contributed by atoms with Crippen LogP contribution >= 0.6 is 0 Å². The Morgan fingerprint density at radius 3 is 2.80 bits per heavy atom. The molecule has 3 aromatic rings. The highest BCUT2D eigenvalue weighted by atomic mass is 16.5. The van der Waals surface area contributed by atoms with Gasteiger partial charge in [0, 0.05) is 11.9 Å². The molecule has 0 spiro atoms. The van der Waals surface area contributed by atoms with Crippen LogP contribution in [0.4, 0.5) is 0 Å². The number of carbonyl (C=O) groups excluding carboxylic acids is 1. The van der Waals surface area contributed by atoms with Crippen molar-refractivity contribution in [2.45, 2.75) is 13.0 Å². The molecular weight excluding hydrogens is 322 g/mol. The first-order chi connectivity index (χ1) is 12.1. The van der Waals surface area contributed by atoms with Gasteiger partial charge in [-0.15, -0.1) is 0 Å². The van der Waals surface area contributed by atoms with E-state index in [1.807, 2.05) is 31.2 Å². The van der Waals surface area contributed by atoms with Crippen LogP contribution in [0.3, 0.4) is 0 Å². The molecule has 0 N–H and O–H groups in total. The average molecular weight is 339 g/mol. The fourth-order valence-electron chi connectivity index (χ4n) is 3.08. The number of aryl methyl sites for hydroxylation is 1. The second-order valence-electron chi connectivity index (χ2n) is 6.02. The highest BCUT2D eigenvalue weighted by molar-refractivity contribution is 5.96. The molecule has 4 rings (SSSR count). The molecular formula is C19H17NO5. The molecule has 25 heavy (non-hydrogen) atoms. The number of amides is 1. The van der Waals surface area contributed by atoms with Crippen molar-refractivity contribution < 1.29 is 18.4 Å². The third-order valence-electron chi connectivity index (χ3n) is 4.35. The van der Waals surface area contributed by atoms with Gasteiger partial charge in [0.2, 0.25) is 0 Å². The Kier molecular flexibility index (Phi) is 3.89. The zero-order chi connectivity index (χ0) is 17.4. The first kappa shape index (κ1) is 15.7. The Morgan fingerprint density at radius 1 is 1.16 bits per heavy atom. The zero-order valence-electron chi connectivity index (χ0n) is 13.7. The molecule has 0 saturated carbocycles. The van der Waals surface area contributed by atoms with Crippen LogP contribution in [0.5, 0.6) is 0 Å². The lowest BCUT2D eigenvalue weighted by molar-refractivity contribution is -0.00914. The molecule has 1 atom stereocenters. The summed E-state index contributed by atoms with van der Waals surface area (Å²) in [7, 11) is 0. The van der Waals surface area contributed by atoms with Gasteiger partial charge in [-0.2, -0.15) is 0 Å². The number of morpholine rings is 1. The third kappa shape index (κ3) is 2.85. The van der Waals surface area contributed by atoms with Gasteiger partial charge >= 0.3 is 5.63 Å². The lowest BCUT2D eigenvalue weighted by atomic mass is 10.1. The molecule has 128 valence electrons. The molecule has 0 aliphatic carbocycles. The van der Waals surface area contributed by atoms with Crippen molar-refractivity contribution in [2.75, 3.05) is 19.8 Å². The summed E-state index contributed by atoms with van der Waals surface area (Å²) in [5.41, 5.74) is -0.150. The van der Waals surface area contributed by atoms with Gasteiger partial charge in [0.05, 0.1) is 13.2 Å². The minimum absolute atomic E-state index is 0.0221. The Bertz CT molecular complexity index is 987. The fourth-order valence-corrected chi connectivity index (χ4v) is 3.08. The molecule has 1 aliphatic rings. The molecule has 6 nitrogen and oxygen atoms in total. The van der Waals surface area contributed by atoms with E-state index in [0.717, 1.165) is 5.76 Å². The Morgan fingerprint density at radius 2 is 2.00 bits per heavy atom. The number of nitrogens with zero attached hydrogens (tertiary/aromatic N) is 1. The smallest absolute Gasteiger partial charge is 0.349 e. The normalized spacial score (nSPS) is 17.8. The number of para-hydroxylation sites is 1. The summed E-state index contributed by atoms with van der Waals surface area (Å²) in [4.78, 5) is 26.9. The van der Waals surface area contributed by atoms with Gasteiger partial charge in [-0.05, 0) is 31.2 Å². The van der Waals surface area contributed by atoms with Gasteiger partial charge in [0.25, 0.3) is 5.91 Å². The maximum atomic E-state index is 13.0. The van der Waals surface area contributed by atoms with E-state index in [0.29, 0.717) is 36.5 Å². The molecule has 0 unspecified atom stereocenters. The number of carbonyl (C=O) groups is 1. The standard InChI is InChI=1S/C19H17NO5/c1-12-6-7-17(24-12)15-11-23-9-8-20(15)18(21)14-10-13-4-2-3-5-16(13)25-19(14)22/h2-7,10,15H,8-9,11H2,1H3/t15-/m1/s1. The second kappa shape index (κ2) is 6.22. The fraction of sp³-hybridized carbons (Fsp3) is 0.263. The molecule has 1 aromatic carbocycles. The maximum Gasteiger partial charge on any atom is 0.349 e. The lowest BCUT2D eigenvalue weighted by Crippen LogP contribution is -2.44. The molecule has 0 bridgehead atoms. The molecule has 2 aromatic heterocycles. The van der Waals surface area contributed by atoms with E-state index in [1.54, 1.807) is 23.1 Å². The number of furan rings is 1. The monoisotopic (exact) mass is 339 g/mol. The van der Waals surface area contributed by atoms with Gasteiger partial charge in [-0.3, -0.25) is 4.79 Å². The van der Waals surface area contributed by atoms with Crippen LogP contribution in [0.25, 0.3) is 11.0 Å². The molecule has 1 fully saturated rings. The SMILES string of the molecule is Cc1ccc([C@H]2COCCN2C(=O)c2cc3ccccc3oc2=O)o1. The minimum Gasteiger partial charge on any atom is -0.464 e. The highest BCUT2D eigenvalue weighted by Gasteiger charge is 2.33. The van der Waals surface area contributed by atoms with Crippen LogP contribution in [-0.2, 0) is 4.74 Å². The quantitative estimate of drug-likeness (QED) is 0.671. The van der Waals surface area contributed by atoms with E-state index >= 15 is 0 Å². The van der Waals surface area contributed by atoms with E-state index in [-0.39, 0.29) is 17.5 Å². The van der Waals surface area contributed by atoms with Crippen molar-refractivity contribution in [3.8, 4) is 0 Å². The van der Waals surface area contributed by atoms with Crippen LogP contribution < -0.4 is 5.63 Å². The highest BCUT2D eigenvalue weighted by Crippen LogP contribution is 2.27. The predicted octanol–water partition coefficient (Wildman–Crippen LogP) is 2.91. The Labute approximate surface area is 143 Å². The van der Waals surface area contributed by atoms with E-state index in [9.17, 15) is 9.59 Å². The average Bonchev–Trinajstić information content (AvgIpc) is 3.07. The van der Waals surface area contributed by atoms with Gasteiger partial charge in [0.15, 0.2) is 0 Å². The van der Waals surface area contributed by atoms with Gasteiger partial charge in [-0.1, -0.05) is 18.2 Å². The van der Waals surface area contributed by atoms with Crippen LogP contribution in [-0.4, -0.2) is 30.6 Å². The third-order valence-corrected chi connectivity index (χ3v) is 4.35. The Balaban J connectivity index is 1.73. The molecule has 1 aliphatic heterocycles. The number of hydrogen-bond acceptors (Lipinski definition) is 5. The molecule has 6 heteroatoms.